The van der Waals surface area contributed by atoms with Gasteiger partial charge in [0, 0.05) is 6.61 Å². The Kier molecular flexibility index (Phi) is 7.83. The highest BCUT2D eigenvalue weighted by atomic mass is 32.7. The van der Waals surface area contributed by atoms with Crippen LogP contribution in [0.4, 0.5) is 17.3 Å². The number of aromatic nitrogens is 2. The summed E-state index contributed by atoms with van der Waals surface area (Å²) < 4.78 is 38.9. The first-order valence-electron chi connectivity index (χ1n) is 10.3. The normalized spacial score (nSPS) is 30.1. The molecule has 2 saturated heterocycles. The number of anilines is 2. The molecule has 5 N–H and O–H groups in total. The second kappa shape index (κ2) is 10.5. The average Bonchev–Trinajstić information content (AvgIpc) is 3.52. The van der Waals surface area contributed by atoms with E-state index in [1.165, 1.54) is 19.8 Å². The van der Waals surface area contributed by atoms with Gasteiger partial charge >= 0.3 is 5.97 Å². The summed E-state index contributed by atoms with van der Waals surface area (Å²) in [5.41, 5.74) is 6.34. The second-order valence-electron chi connectivity index (χ2n) is 7.37. The van der Waals surface area contributed by atoms with Crippen molar-refractivity contribution in [3.63, 3.8) is 0 Å². The molecule has 0 bridgehead atoms. The topological polar surface area (TPSA) is 189 Å². The quantitative estimate of drug-likeness (QED) is 0.147. The number of nitrogens with one attached hydrogen (secondary N) is 1. The highest BCUT2D eigenvalue weighted by Gasteiger charge is 2.59. The molecule has 4 rings (SSSR count). The molecule has 0 aromatic carbocycles. The van der Waals surface area contributed by atoms with Crippen LogP contribution in [0.15, 0.2) is 6.33 Å². The monoisotopic (exact) mass is 519 g/mol. The van der Waals surface area contributed by atoms with Crippen LogP contribution in [-0.4, -0.2) is 79.7 Å². The van der Waals surface area contributed by atoms with Crippen LogP contribution in [0.1, 0.15) is 13.8 Å². The van der Waals surface area contributed by atoms with Gasteiger partial charge in [-0.25, -0.2) is 9.51 Å². The van der Waals surface area contributed by atoms with Crippen molar-refractivity contribution in [2.75, 3.05) is 31.0 Å². The third-order valence-corrected chi connectivity index (χ3v) is 7.60. The van der Waals surface area contributed by atoms with Crippen LogP contribution < -0.4 is 26.6 Å². The van der Waals surface area contributed by atoms with Crippen LogP contribution in [0.3, 0.4) is 0 Å². The number of hydrogen-bond acceptors (Lipinski definition) is 16. The molecule has 1 aromatic heterocycles. The number of methoxy groups -OCH3 is 1. The molecule has 0 spiro atoms. The van der Waals surface area contributed by atoms with Crippen molar-refractivity contribution in [1.29, 1.82) is 0 Å². The van der Waals surface area contributed by atoms with E-state index in [0.717, 1.165) is 0 Å². The molecule has 3 aliphatic rings. The van der Waals surface area contributed by atoms with E-state index >= 15 is 0 Å². The first-order chi connectivity index (χ1) is 16.3. The van der Waals surface area contributed by atoms with Gasteiger partial charge in [-0.1, -0.05) is 0 Å². The van der Waals surface area contributed by atoms with Crippen LogP contribution in [0, 0.1) is 0 Å². The van der Waals surface area contributed by atoms with Crippen molar-refractivity contribution < 1.29 is 37.6 Å². The Labute approximate surface area is 201 Å². The minimum Gasteiger partial charge on any atom is -0.470 e. The number of carbonyl (C=O) groups excluding carboxylic acids is 1. The van der Waals surface area contributed by atoms with Crippen molar-refractivity contribution in [3.05, 3.63) is 6.33 Å². The molecular formula is C17H26N7O8PS+. The molecule has 3 aliphatic heterocycles. The number of esters is 1. The number of nitrogens with zero attached hydrogens (tertiary/aromatic N) is 4. The maximum Gasteiger partial charge on any atom is 0.326 e. The lowest BCUT2D eigenvalue weighted by Crippen LogP contribution is -2.43. The van der Waals surface area contributed by atoms with Gasteiger partial charge in [-0.2, -0.15) is 15.8 Å². The maximum absolute atomic E-state index is 11.8. The number of fused-ring (bicyclic) bond motifs is 2. The molecule has 0 amide bonds. The number of nitrogens with two attached hydrogens (primary N) is 2. The molecule has 0 saturated carbocycles. The number of nitrogen functional groups attached to an aromatic ring is 1. The Bertz CT molecular complexity index is 934. The van der Waals surface area contributed by atoms with E-state index < -0.39 is 50.1 Å². The molecule has 0 aliphatic carbocycles. The predicted octanol–water partition coefficient (Wildman–Crippen LogP) is -1.01. The van der Waals surface area contributed by atoms with Crippen molar-refractivity contribution in [2.45, 2.75) is 50.9 Å². The molecule has 1 radical (unpaired) electrons. The fraction of sp³-hybridized carbons (Fsp3) is 0.647. The lowest BCUT2D eigenvalue weighted by Gasteiger charge is -2.29. The van der Waals surface area contributed by atoms with E-state index in [1.807, 2.05) is 6.92 Å². The van der Waals surface area contributed by atoms with Crippen LogP contribution in [-0.2, 0) is 49.9 Å². The highest BCUT2D eigenvalue weighted by molar-refractivity contribution is 8.37. The minimum atomic E-state index is -3.27. The Morgan fingerprint density at radius 1 is 1.38 bits per heavy atom. The zero-order valence-corrected chi connectivity index (χ0v) is 20.3. The van der Waals surface area contributed by atoms with Crippen molar-refractivity contribution in [1.82, 2.24) is 20.0 Å². The van der Waals surface area contributed by atoms with Crippen molar-refractivity contribution in [2.24, 2.45) is 5.90 Å². The van der Waals surface area contributed by atoms with E-state index in [0.29, 0.717) is 18.1 Å². The number of rotatable bonds is 10. The summed E-state index contributed by atoms with van der Waals surface area (Å²) in [6.07, 6.45) is 0.340. The van der Waals surface area contributed by atoms with Crippen molar-refractivity contribution in [3.8, 4) is 0 Å². The fourth-order valence-electron chi connectivity index (χ4n) is 3.67. The third kappa shape index (κ3) is 4.97. The third-order valence-electron chi connectivity index (χ3n) is 5.24. The molecule has 3 unspecified atom stereocenters. The summed E-state index contributed by atoms with van der Waals surface area (Å²) in [5, 5.41) is 2.76. The van der Waals surface area contributed by atoms with Gasteiger partial charge in [0.05, 0.1) is 7.11 Å². The van der Waals surface area contributed by atoms with Gasteiger partial charge in [-0.15, -0.1) is 9.71 Å². The molecular weight excluding hydrogens is 493 g/mol. The largest absolute Gasteiger partial charge is 0.470 e. The Balaban J connectivity index is 1.49. The van der Waals surface area contributed by atoms with Crippen LogP contribution >= 0.6 is 7.07 Å². The van der Waals surface area contributed by atoms with E-state index in [1.54, 1.807) is 11.8 Å². The zero-order valence-electron chi connectivity index (χ0n) is 18.6. The van der Waals surface area contributed by atoms with Gasteiger partial charge in [0.25, 0.3) is 31.4 Å². The molecule has 187 valence electrons. The lowest BCUT2D eigenvalue weighted by atomic mass is 10.1. The fourth-order valence-corrected chi connectivity index (χ4v) is 5.45. The van der Waals surface area contributed by atoms with Crippen LogP contribution in [0.25, 0.3) is 0 Å². The van der Waals surface area contributed by atoms with E-state index in [2.05, 4.69) is 24.8 Å². The highest BCUT2D eigenvalue weighted by Crippen LogP contribution is 2.54. The van der Waals surface area contributed by atoms with E-state index in [-0.39, 0.29) is 12.4 Å². The second-order valence-corrected chi connectivity index (χ2v) is 10.5. The number of aliphatic imine (C=N–C) groups is 1. The van der Waals surface area contributed by atoms with E-state index in [9.17, 15) is 4.79 Å². The zero-order chi connectivity index (χ0) is 24.5. The molecule has 7 atom stereocenters. The van der Waals surface area contributed by atoms with Crippen LogP contribution in [0.5, 0.6) is 0 Å². The molecule has 4 heterocycles. The summed E-state index contributed by atoms with van der Waals surface area (Å²) >= 11 is 5.38. The standard InChI is InChI=1S/C17H26N7O8PS/c1-4-27-17-30-11-9(5-28-33(34,32-19)23-8(2)16(25)26-3)29-15(12(11)31-17)24-7-22-10-13(18)20-6-21-14(10)24/h6-9,11-12,15,17H,4-5,19H2,1-3H3,(H,23,34)(H2,18,20,21)/q+1/t8?,9-,11-,12-,15-,17?,33?/m1/s1. The Morgan fingerprint density at radius 3 is 2.85 bits per heavy atom. The summed E-state index contributed by atoms with van der Waals surface area (Å²) in [4.78, 5) is 25.9. The first kappa shape index (κ1) is 25.4. The molecule has 17 heteroatoms. The molecule has 1 aromatic rings. The van der Waals surface area contributed by atoms with Gasteiger partial charge in [0.15, 0.2) is 11.9 Å². The van der Waals surface area contributed by atoms with Gasteiger partial charge in [-0.05, 0) is 18.8 Å². The van der Waals surface area contributed by atoms with Gasteiger partial charge in [-0.3, -0.25) is 4.79 Å². The molecule has 15 nitrogen and oxygen atoms in total. The summed E-state index contributed by atoms with van der Waals surface area (Å²) in [5.74, 6) is 5.53. The SMILES string of the molecule is CCOC1O[C@@H]2[C@H](O1)[C@@H](CO[P+]([S-])(NC(C)C(=O)OC)ON)O[C@H]2N1C=[N+]c2c(N)ncnc21. The van der Waals surface area contributed by atoms with Crippen molar-refractivity contribution >= 4 is 48.9 Å². The van der Waals surface area contributed by atoms with Gasteiger partial charge in [0.1, 0.15) is 31.2 Å². The number of hydrogen-bond donors (Lipinski definition) is 3. The summed E-state index contributed by atoms with van der Waals surface area (Å²) in [6, 6.07) is -0.805. The Morgan fingerprint density at radius 2 is 2.15 bits per heavy atom. The van der Waals surface area contributed by atoms with Gasteiger partial charge in [0.2, 0.25) is 6.23 Å². The predicted molar refractivity (Wildman–Crippen MR) is 121 cm³/mol. The van der Waals surface area contributed by atoms with Crippen LogP contribution in [0.2, 0.25) is 0 Å². The van der Waals surface area contributed by atoms with Gasteiger partial charge < -0.3 is 41.7 Å². The smallest absolute Gasteiger partial charge is 0.326 e. The number of ether oxygens (including phenoxy) is 5. The first-order valence-corrected chi connectivity index (χ1v) is 12.9. The maximum atomic E-state index is 11.8. The minimum absolute atomic E-state index is 0.0843. The average molecular weight is 519 g/mol. The molecule has 34 heavy (non-hydrogen) atoms. The summed E-state index contributed by atoms with van der Waals surface area (Å²) in [7, 11) is -2.01. The Hall–Kier alpha value is -1.72. The number of carbonyl (C=O) groups is 1. The van der Waals surface area contributed by atoms with E-state index in [4.69, 9.17) is 52.0 Å². The molecule has 2 fully saturated rings. The lowest BCUT2D eigenvalue weighted by molar-refractivity contribution is -0.260. The summed E-state index contributed by atoms with van der Waals surface area (Å²) in [6.45, 7) is 2.77.